The van der Waals surface area contributed by atoms with Gasteiger partial charge in [0.25, 0.3) is 0 Å². The lowest BCUT2D eigenvalue weighted by Crippen LogP contribution is -2.61. The predicted molar refractivity (Wildman–Crippen MR) is 152 cm³/mol. The largest absolute Gasteiger partial charge is 0.385 e. The molecule has 6 nitrogen and oxygen atoms in total. The summed E-state index contributed by atoms with van der Waals surface area (Å²) in [5.41, 5.74) is 4.07. The molecule has 1 aliphatic heterocycles. The van der Waals surface area contributed by atoms with Gasteiger partial charge < -0.3 is 28.8 Å². The Labute approximate surface area is 236 Å². The second-order valence-electron chi connectivity index (χ2n) is 9.85. The van der Waals surface area contributed by atoms with Gasteiger partial charge in [0.15, 0.2) is 6.29 Å². The number of hydrogen-bond donors (Lipinski definition) is 1. The molecule has 0 bridgehead atoms. The van der Waals surface area contributed by atoms with E-state index in [2.05, 4.69) is 0 Å². The summed E-state index contributed by atoms with van der Waals surface area (Å²) >= 11 is 0. The Bertz CT molecular complexity index is 1200. The number of hydrogen-bond acceptors (Lipinski definition) is 6. The van der Waals surface area contributed by atoms with E-state index < -0.39 is 30.7 Å². The van der Waals surface area contributed by atoms with Crippen LogP contribution >= 0.6 is 0 Å². The lowest BCUT2D eigenvalue weighted by atomic mass is 9.98. The Hall–Kier alpha value is -3.36. The van der Waals surface area contributed by atoms with Crippen LogP contribution in [0.4, 0.5) is 0 Å². The fraction of sp³-hybridized carbons (Fsp3) is 0.294. The molecular weight excluding hydrogens is 504 g/mol. The van der Waals surface area contributed by atoms with Gasteiger partial charge in [-0.05, 0) is 22.3 Å². The molecule has 1 N–H and O–H groups in total. The topological polar surface area (TPSA) is 66.4 Å². The van der Waals surface area contributed by atoms with Gasteiger partial charge in [-0.1, -0.05) is 121 Å². The normalized spacial score (nSPS) is 22.7. The molecule has 0 aliphatic carbocycles. The molecule has 4 aromatic carbocycles. The van der Waals surface area contributed by atoms with Crippen molar-refractivity contribution in [1.82, 2.24) is 0 Å². The third-order valence-electron chi connectivity index (χ3n) is 6.84. The number of benzene rings is 4. The molecule has 5 atom stereocenters. The maximum atomic E-state index is 11.5. The van der Waals surface area contributed by atoms with Crippen LogP contribution < -0.4 is 0 Å². The van der Waals surface area contributed by atoms with Gasteiger partial charge in [-0.3, -0.25) is 0 Å². The van der Waals surface area contributed by atoms with E-state index in [0.717, 1.165) is 22.3 Å². The van der Waals surface area contributed by atoms with E-state index >= 15 is 0 Å². The molecule has 0 saturated carbocycles. The van der Waals surface area contributed by atoms with Crippen LogP contribution in [0.5, 0.6) is 0 Å². The Balaban J connectivity index is 1.34. The summed E-state index contributed by atoms with van der Waals surface area (Å²) in [5, 5.41) is 11.5. The van der Waals surface area contributed by atoms with Crippen molar-refractivity contribution in [3.05, 3.63) is 144 Å². The third-order valence-corrected chi connectivity index (χ3v) is 6.84. The van der Waals surface area contributed by atoms with Crippen molar-refractivity contribution < 1.29 is 28.8 Å². The average Bonchev–Trinajstić information content (AvgIpc) is 3.01. The molecule has 6 heteroatoms. The lowest BCUT2D eigenvalue weighted by Gasteiger charge is -2.44. The molecule has 5 rings (SSSR count). The standard InChI is InChI=1S/C34H36O6/c35-31-33(38-23-28-17-9-3-10-18-28)32(37-22-27-15-7-2-8-16-27)30(25-36-21-26-13-5-1-6-14-26)40-34(31)39-24-29-19-11-4-12-20-29/h1-20,30-35H,21-25H2/t30-,31-,32-,33-,34?/m1/s1. The van der Waals surface area contributed by atoms with E-state index in [4.69, 9.17) is 23.7 Å². The monoisotopic (exact) mass is 540 g/mol. The first-order valence-electron chi connectivity index (χ1n) is 13.7. The molecule has 208 valence electrons. The zero-order valence-electron chi connectivity index (χ0n) is 22.5. The average molecular weight is 541 g/mol. The molecular formula is C34H36O6. The Kier molecular flexibility index (Phi) is 10.5. The SMILES string of the molecule is O[C@H]1C(OCc2ccccc2)O[C@H](COCc2ccccc2)[C@@H](OCc2ccccc2)[C@@H]1OCc1ccccc1. The van der Waals surface area contributed by atoms with E-state index in [1.165, 1.54) is 0 Å². The number of aliphatic hydroxyl groups is 1. The third kappa shape index (κ3) is 8.08. The molecule has 1 aliphatic rings. The first kappa shape index (κ1) is 28.2. The highest BCUT2D eigenvalue weighted by atomic mass is 16.7. The predicted octanol–water partition coefficient (Wildman–Crippen LogP) is 5.68. The van der Waals surface area contributed by atoms with Crippen molar-refractivity contribution in [3.8, 4) is 0 Å². The highest BCUT2D eigenvalue weighted by molar-refractivity contribution is 5.16. The van der Waals surface area contributed by atoms with Crippen LogP contribution in [0, 0.1) is 0 Å². The summed E-state index contributed by atoms with van der Waals surface area (Å²) in [5.74, 6) is 0. The van der Waals surface area contributed by atoms with Crippen molar-refractivity contribution in [2.24, 2.45) is 0 Å². The molecule has 1 saturated heterocycles. The second kappa shape index (κ2) is 14.9. The summed E-state index contributed by atoms with van der Waals surface area (Å²) in [4.78, 5) is 0. The van der Waals surface area contributed by atoms with Gasteiger partial charge in [0.2, 0.25) is 0 Å². The quantitative estimate of drug-likeness (QED) is 0.236. The van der Waals surface area contributed by atoms with Crippen molar-refractivity contribution in [3.63, 3.8) is 0 Å². The van der Waals surface area contributed by atoms with Crippen LogP contribution in [0.1, 0.15) is 22.3 Å². The van der Waals surface area contributed by atoms with Crippen LogP contribution in [0.25, 0.3) is 0 Å². The maximum Gasteiger partial charge on any atom is 0.187 e. The zero-order chi connectivity index (χ0) is 27.4. The molecule has 1 fully saturated rings. The maximum absolute atomic E-state index is 11.5. The van der Waals surface area contributed by atoms with Gasteiger partial charge in [-0.25, -0.2) is 0 Å². The highest BCUT2D eigenvalue weighted by Gasteiger charge is 2.47. The Morgan fingerprint density at radius 1 is 0.500 bits per heavy atom. The number of rotatable bonds is 13. The Morgan fingerprint density at radius 2 is 0.900 bits per heavy atom. The van der Waals surface area contributed by atoms with Crippen LogP contribution in [0.15, 0.2) is 121 Å². The number of aliphatic hydroxyl groups excluding tert-OH is 1. The first-order valence-corrected chi connectivity index (χ1v) is 13.7. The fourth-order valence-corrected chi connectivity index (χ4v) is 4.71. The van der Waals surface area contributed by atoms with Gasteiger partial charge in [0, 0.05) is 0 Å². The lowest BCUT2D eigenvalue weighted by molar-refractivity contribution is -0.321. The fourth-order valence-electron chi connectivity index (χ4n) is 4.71. The van der Waals surface area contributed by atoms with Crippen LogP contribution in [0.2, 0.25) is 0 Å². The second-order valence-corrected chi connectivity index (χ2v) is 9.85. The first-order chi connectivity index (χ1) is 19.8. The van der Waals surface area contributed by atoms with E-state index in [0.29, 0.717) is 26.4 Å². The van der Waals surface area contributed by atoms with Crippen molar-refractivity contribution in [2.75, 3.05) is 6.61 Å². The van der Waals surface area contributed by atoms with Gasteiger partial charge in [-0.15, -0.1) is 0 Å². The Morgan fingerprint density at radius 3 is 1.38 bits per heavy atom. The smallest absolute Gasteiger partial charge is 0.187 e. The summed E-state index contributed by atoms with van der Waals surface area (Å²) in [6, 6.07) is 39.6. The molecule has 0 aromatic heterocycles. The molecule has 0 spiro atoms. The number of ether oxygens (including phenoxy) is 5. The van der Waals surface area contributed by atoms with Crippen LogP contribution in [-0.4, -0.2) is 42.4 Å². The van der Waals surface area contributed by atoms with Crippen molar-refractivity contribution >= 4 is 0 Å². The molecule has 4 aromatic rings. The molecule has 0 amide bonds. The van der Waals surface area contributed by atoms with Crippen molar-refractivity contribution in [1.29, 1.82) is 0 Å². The van der Waals surface area contributed by atoms with Crippen LogP contribution in [0.3, 0.4) is 0 Å². The minimum absolute atomic E-state index is 0.247. The van der Waals surface area contributed by atoms with E-state index in [1.54, 1.807) is 0 Å². The summed E-state index contributed by atoms with van der Waals surface area (Å²) < 4.78 is 31.3. The van der Waals surface area contributed by atoms with Gasteiger partial charge in [0.1, 0.15) is 24.4 Å². The van der Waals surface area contributed by atoms with Crippen LogP contribution in [-0.2, 0) is 50.1 Å². The molecule has 40 heavy (non-hydrogen) atoms. The minimum Gasteiger partial charge on any atom is -0.385 e. The van der Waals surface area contributed by atoms with Gasteiger partial charge >= 0.3 is 0 Å². The summed E-state index contributed by atoms with van der Waals surface area (Å²) in [6.45, 7) is 1.63. The molecule has 0 radical (unpaired) electrons. The van der Waals surface area contributed by atoms with Gasteiger partial charge in [-0.2, -0.15) is 0 Å². The molecule has 1 heterocycles. The highest BCUT2D eigenvalue weighted by Crippen LogP contribution is 2.29. The van der Waals surface area contributed by atoms with Crippen molar-refractivity contribution in [2.45, 2.75) is 57.1 Å². The minimum atomic E-state index is -1.07. The van der Waals surface area contributed by atoms with Gasteiger partial charge in [0.05, 0.1) is 33.0 Å². The van der Waals surface area contributed by atoms with E-state index in [1.807, 2.05) is 121 Å². The summed E-state index contributed by atoms with van der Waals surface area (Å²) in [6.07, 6.45) is -3.81. The van der Waals surface area contributed by atoms with E-state index in [9.17, 15) is 5.11 Å². The van der Waals surface area contributed by atoms with E-state index in [-0.39, 0.29) is 6.61 Å². The molecule has 1 unspecified atom stereocenters. The summed E-state index contributed by atoms with van der Waals surface area (Å²) in [7, 11) is 0. The zero-order valence-corrected chi connectivity index (χ0v) is 22.5.